The van der Waals surface area contributed by atoms with Crippen LogP contribution in [0.15, 0.2) is 22.7 Å². The van der Waals surface area contributed by atoms with E-state index in [2.05, 4.69) is 15.7 Å². The van der Waals surface area contributed by atoms with Gasteiger partial charge in [-0.2, -0.15) is 5.10 Å². The van der Waals surface area contributed by atoms with E-state index in [1.807, 2.05) is 20.8 Å². The fraction of sp³-hybridized carbons (Fsp3) is 0.571. The molecule has 2 aromatic heterocycles. The van der Waals surface area contributed by atoms with Crippen LogP contribution < -0.4 is 10.6 Å². The van der Waals surface area contributed by atoms with Crippen molar-refractivity contribution in [1.82, 2.24) is 20.4 Å². The summed E-state index contributed by atoms with van der Waals surface area (Å²) in [5.74, 6) is 0.589. The molecule has 2 aromatic rings. The van der Waals surface area contributed by atoms with Crippen LogP contribution in [0, 0.1) is 0 Å². The maximum atomic E-state index is 12.9. The molecule has 0 aromatic carbocycles. The molecule has 2 N–H and O–H groups in total. The molecule has 29 heavy (non-hydrogen) atoms. The predicted octanol–water partition coefficient (Wildman–Crippen LogP) is 2.85. The number of aryl methyl sites for hydroxylation is 1. The summed E-state index contributed by atoms with van der Waals surface area (Å²) in [6.07, 6.45) is 4.37. The van der Waals surface area contributed by atoms with Gasteiger partial charge in [0, 0.05) is 31.9 Å². The minimum absolute atomic E-state index is 0.121. The normalized spacial score (nSPS) is 18.9. The van der Waals surface area contributed by atoms with Crippen molar-refractivity contribution in [2.24, 2.45) is 0 Å². The number of hydrogen-bond acceptors (Lipinski definition) is 5. The van der Waals surface area contributed by atoms with E-state index >= 15 is 0 Å². The number of rotatable bonds is 8. The molecule has 3 rings (SSSR count). The van der Waals surface area contributed by atoms with Crippen LogP contribution in [0.5, 0.6) is 0 Å². The summed E-state index contributed by atoms with van der Waals surface area (Å²) >= 11 is 0. The molecule has 8 heteroatoms. The van der Waals surface area contributed by atoms with Crippen molar-refractivity contribution < 1.29 is 18.7 Å². The molecule has 0 radical (unpaired) electrons. The summed E-state index contributed by atoms with van der Waals surface area (Å²) in [6.45, 7) is 7.08. The van der Waals surface area contributed by atoms with Crippen molar-refractivity contribution in [3.8, 4) is 0 Å². The predicted molar refractivity (Wildman–Crippen MR) is 108 cm³/mol. The van der Waals surface area contributed by atoms with Crippen molar-refractivity contribution in [3.05, 3.63) is 41.1 Å². The smallest absolute Gasteiger partial charge is 0.287 e. The van der Waals surface area contributed by atoms with E-state index in [0.717, 1.165) is 25.0 Å². The molecule has 1 aliphatic rings. The number of carbonyl (C=O) groups excluding carboxylic acids is 2. The molecular formula is C21H30N4O4. The fourth-order valence-electron chi connectivity index (χ4n) is 3.71. The summed E-state index contributed by atoms with van der Waals surface area (Å²) in [5, 5.41) is 10.6. The third kappa shape index (κ3) is 4.87. The highest BCUT2D eigenvalue weighted by Gasteiger charge is 2.32. The Morgan fingerprint density at radius 2 is 1.93 bits per heavy atom. The van der Waals surface area contributed by atoms with Crippen LogP contribution in [0.25, 0.3) is 0 Å². The molecule has 8 nitrogen and oxygen atoms in total. The van der Waals surface area contributed by atoms with E-state index in [0.29, 0.717) is 24.5 Å². The topological polar surface area (TPSA) is 98.4 Å². The Morgan fingerprint density at radius 1 is 1.24 bits per heavy atom. The molecule has 1 saturated carbocycles. The van der Waals surface area contributed by atoms with Gasteiger partial charge >= 0.3 is 0 Å². The number of aromatic nitrogens is 2. The molecule has 0 aliphatic heterocycles. The van der Waals surface area contributed by atoms with Gasteiger partial charge in [0.1, 0.15) is 12.4 Å². The quantitative estimate of drug-likeness (QED) is 0.707. The first-order valence-corrected chi connectivity index (χ1v) is 10.2. The second kappa shape index (κ2) is 9.26. The van der Waals surface area contributed by atoms with Crippen LogP contribution in [-0.4, -0.2) is 40.8 Å². The largest absolute Gasteiger partial charge is 0.453 e. The van der Waals surface area contributed by atoms with Crippen LogP contribution in [-0.2, 0) is 17.9 Å². The minimum Gasteiger partial charge on any atom is -0.453 e. The number of methoxy groups -OCH3 is 1. The van der Waals surface area contributed by atoms with Gasteiger partial charge in [-0.15, -0.1) is 0 Å². The lowest BCUT2D eigenvalue weighted by molar-refractivity contribution is 0.0869. The lowest BCUT2D eigenvalue weighted by atomic mass is 10.1. The second-order valence-corrected chi connectivity index (χ2v) is 7.73. The average molecular weight is 402 g/mol. The van der Waals surface area contributed by atoms with Gasteiger partial charge in [-0.3, -0.25) is 14.3 Å². The number of ether oxygens (including phenoxy) is 1. The second-order valence-electron chi connectivity index (χ2n) is 7.73. The molecule has 0 spiro atoms. The molecule has 0 bridgehead atoms. The Hall–Kier alpha value is -2.61. The first-order chi connectivity index (χ1) is 13.9. The van der Waals surface area contributed by atoms with Crippen molar-refractivity contribution in [2.45, 2.75) is 71.2 Å². The molecular weight excluding hydrogens is 372 g/mol. The van der Waals surface area contributed by atoms with Crippen molar-refractivity contribution in [3.63, 3.8) is 0 Å². The fourth-order valence-corrected chi connectivity index (χ4v) is 3.71. The highest BCUT2D eigenvalue weighted by atomic mass is 16.5. The average Bonchev–Trinajstić information content (AvgIpc) is 3.41. The summed E-state index contributed by atoms with van der Waals surface area (Å²) in [4.78, 5) is 25.5. The minimum atomic E-state index is -0.278. The Morgan fingerprint density at radius 3 is 2.55 bits per heavy atom. The highest BCUT2D eigenvalue weighted by molar-refractivity contribution is 5.96. The van der Waals surface area contributed by atoms with Crippen LogP contribution in [0.2, 0.25) is 0 Å². The van der Waals surface area contributed by atoms with Crippen LogP contribution in [0.3, 0.4) is 0 Å². The lowest BCUT2D eigenvalue weighted by Gasteiger charge is -2.22. The molecule has 2 atom stereocenters. The van der Waals surface area contributed by atoms with Crippen molar-refractivity contribution >= 4 is 11.8 Å². The maximum absolute atomic E-state index is 12.9. The van der Waals surface area contributed by atoms with E-state index < -0.39 is 0 Å². The summed E-state index contributed by atoms with van der Waals surface area (Å²) in [6, 6.07) is 3.11. The van der Waals surface area contributed by atoms with Crippen LogP contribution in [0.1, 0.15) is 78.3 Å². The van der Waals surface area contributed by atoms with E-state index in [9.17, 15) is 9.59 Å². The molecule has 2 amide bonds. The summed E-state index contributed by atoms with van der Waals surface area (Å²) in [5.41, 5.74) is 1.40. The van der Waals surface area contributed by atoms with Gasteiger partial charge in [-0.05, 0) is 44.2 Å². The Bertz CT molecular complexity index is 855. The number of furan rings is 1. The Labute approximate surface area is 171 Å². The van der Waals surface area contributed by atoms with E-state index in [1.54, 1.807) is 30.1 Å². The first-order valence-electron chi connectivity index (χ1n) is 10.2. The number of amides is 2. The SMILES string of the molecule is CCn1cc(C(=O)N[C@@H]2CCC[C@H]2NC(=O)c2ccc(COC)o2)c(C(C)C)n1. The molecule has 158 valence electrons. The van der Waals surface area contributed by atoms with Crippen LogP contribution >= 0.6 is 0 Å². The van der Waals surface area contributed by atoms with Gasteiger partial charge in [0.2, 0.25) is 0 Å². The van der Waals surface area contributed by atoms with Gasteiger partial charge in [0.25, 0.3) is 11.8 Å². The third-order valence-electron chi connectivity index (χ3n) is 5.23. The summed E-state index contributed by atoms with van der Waals surface area (Å²) in [7, 11) is 1.57. The maximum Gasteiger partial charge on any atom is 0.287 e. The number of nitrogens with one attached hydrogen (secondary N) is 2. The zero-order valence-electron chi connectivity index (χ0n) is 17.5. The standard InChI is InChI=1S/C21H30N4O4/c1-5-25-11-15(19(24-25)13(2)3)20(26)22-16-7-6-8-17(16)23-21(27)18-10-9-14(29-18)12-28-4/h9-11,13,16-17H,5-8,12H2,1-4H3,(H,22,26)(H,23,27)/t16-,17-/m1/s1. The summed E-state index contributed by atoms with van der Waals surface area (Å²) < 4.78 is 12.3. The van der Waals surface area contributed by atoms with Gasteiger partial charge in [-0.1, -0.05) is 13.8 Å². The zero-order chi connectivity index (χ0) is 21.0. The van der Waals surface area contributed by atoms with Gasteiger partial charge in [-0.25, -0.2) is 0 Å². The van der Waals surface area contributed by atoms with E-state index in [1.165, 1.54) is 0 Å². The van der Waals surface area contributed by atoms with E-state index in [-0.39, 0.29) is 35.6 Å². The molecule has 1 fully saturated rings. The number of nitrogens with zero attached hydrogens (tertiary/aromatic N) is 2. The Kier molecular flexibility index (Phi) is 6.74. The van der Waals surface area contributed by atoms with Gasteiger partial charge in [0.15, 0.2) is 5.76 Å². The molecule has 0 unspecified atom stereocenters. The first kappa shape index (κ1) is 21.1. The highest BCUT2D eigenvalue weighted by Crippen LogP contribution is 2.22. The van der Waals surface area contributed by atoms with Gasteiger partial charge in [0.05, 0.1) is 11.3 Å². The lowest BCUT2D eigenvalue weighted by Crippen LogP contribution is -2.48. The van der Waals surface area contributed by atoms with Crippen LogP contribution in [0.4, 0.5) is 0 Å². The molecule has 1 aliphatic carbocycles. The third-order valence-corrected chi connectivity index (χ3v) is 5.23. The van der Waals surface area contributed by atoms with E-state index in [4.69, 9.17) is 9.15 Å². The monoisotopic (exact) mass is 402 g/mol. The zero-order valence-corrected chi connectivity index (χ0v) is 17.5. The van der Waals surface area contributed by atoms with Gasteiger partial charge < -0.3 is 19.8 Å². The van der Waals surface area contributed by atoms with Crippen molar-refractivity contribution in [1.29, 1.82) is 0 Å². The molecule has 0 saturated heterocycles. The Balaban J connectivity index is 1.65. The number of hydrogen-bond donors (Lipinski definition) is 2. The number of carbonyl (C=O) groups is 2. The van der Waals surface area contributed by atoms with Crippen molar-refractivity contribution in [2.75, 3.05) is 7.11 Å². The molecule has 2 heterocycles.